The van der Waals surface area contributed by atoms with Crippen molar-refractivity contribution in [2.75, 3.05) is 0 Å². The van der Waals surface area contributed by atoms with E-state index in [1.165, 1.54) is 6.26 Å². The Kier molecular flexibility index (Phi) is 3.32. The first-order valence-corrected chi connectivity index (χ1v) is 6.94. The topological polar surface area (TPSA) is 46.0 Å². The van der Waals surface area contributed by atoms with E-state index in [0.717, 1.165) is 5.52 Å². The SMILES string of the molecule is CCc1occc1C(=O)c1c[nH]c2cc(Cl)cc(Cl)c12. The van der Waals surface area contributed by atoms with Crippen molar-refractivity contribution in [1.82, 2.24) is 4.98 Å². The molecule has 2 aromatic heterocycles. The molecule has 3 nitrogen and oxygen atoms in total. The maximum absolute atomic E-state index is 12.6. The minimum atomic E-state index is -0.105. The summed E-state index contributed by atoms with van der Waals surface area (Å²) < 4.78 is 5.31. The Labute approximate surface area is 125 Å². The summed E-state index contributed by atoms with van der Waals surface area (Å²) in [5, 5.41) is 1.67. The number of aromatic nitrogens is 1. The molecule has 0 fully saturated rings. The fraction of sp³-hybridized carbons (Fsp3) is 0.133. The van der Waals surface area contributed by atoms with Gasteiger partial charge in [-0.2, -0.15) is 0 Å². The summed E-state index contributed by atoms with van der Waals surface area (Å²) in [6.45, 7) is 1.94. The van der Waals surface area contributed by atoms with Crippen LogP contribution in [0.15, 0.2) is 35.1 Å². The first-order valence-electron chi connectivity index (χ1n) is 6.19. The van der Waals surface area contributed by atoms with Crippen molar-refractivity contribution in [3.05, 3.63) is 57.6 Å². The van der Waals surface area contributed by atoms with Crippen molar-refractivity contribution in [2.24, 2.45) is 0 Å². The van der Waals surface area contributed by atoms with Gasteiger partial charge in [0.15, 0.2) is 5.78 Å². The van der Waals surface area contributed by atoms with Crippen LogP contribution in [0.2, 0.25) is 10.0 Å². The Hall–Kier alpha value is -1.71. The fourth-order valence-corrected chi connectivity index (χ4v) is 2.92. The lowest BCUT2D eigenvalue weighted by Crippen LogP contribution is -2.02. The van der Waals surface area contributed by atoms with E-state index in [4.69, 9.17) is 27.6 Å². The number of nitrogens with one attached hydrogen (secondary N) is 1. The molecule has 0 amide bonds. The summed E-state index contributed by atoms with van der Waals surface area (Å²) in [5.41, 5.74) is 1.84. The lowest BCUT2D eigenvalue weighted by molar-refractivity contribution is 0.103. The zero-order valence-electron chi connectivity index (χ0n) is 10.7. The van der Waals surface area contributed by atoms with Crippen LogP contribution in [0.4, 0.5) is 0 Å². The predicted molar refractivity (Wildman–Crippen MR) is 79.8 cm³/mol. The largest absolute Gasteiger partial charge is 0.469 e. The molecule has 0 saturated heterocycles. The second-order valence-corrected chi connectivity index (χ2v) is 5.30. The van der Waals surface area contributed by atoms with Gasteiger partial charge < -0.3 is 9.40 Å². The number of rotatable bonds is 3. The van der Waals surface area contributed by atoms with Gasteiger partial charge in [0.25, 0.3) is 0 Å². The minimum Gasteiger partial charge on any atom is -0.469 e. The number of ketones is 1. The number of furan rings is 1. The zero-order valence-corrected chi connectivity index (χ0v) is 12.2. The summed E-state index contributed by atoms with van der Waals surface area (Å²) in [7, 11) is 0. The van der Waals surface area contributed by atoms with E-state index in [9.17, 15) is 4.79 Å². The van der Waals surface area contributed by atoms with E-state index in [-0.39, 0.29) is 5.78 Å². The van der Waals surface area contributed by atoms with Gasteiger partial charge in [-0.1, -0.05) is 30.1 Å². The van der Waals surface area contributed by atoms with Gasteiger partial charge in [0.2, 0.25) is 0 Å². The number of H-pyrrole nitrogens is 1. The maximum atomic E-state index is 12.6. The van der Waals surface area contributed by atoms with Crippen LogP contribution in [-0.4, -0.2) is 10.8 Å². The van der Waals surface area contributed by atoms with Crippen molar-refractivity contribution in [3.8, 4) is 0 Å². The van der Waals surface area contributed by atoms with Crippen LogP contribution in [0.3, 0.4) is 0 Å². The number of aromatic amines is 1. The van der Waals surface area contributed by atoms with Crippen molar-refractivity contribution in [2.45, 2.75) is 13.3 Å². The summed E-state index contributed by atoms with van der Waals surface area (Å²) in [5.74, 6) is 0.570. The normalized spacial score (nSPS) is 11.2. The molecule has 20 heavy (non-hydrogen) atoms. The van der Waals surface area contributed by atoms with Gasteiger partial charge in [-0.15, -0.1) is 0 Å². The quantitative estimate of drug-likeness (QED) is 0.702. The van der Waals surface area contributed by atoms with Crippen LogP contribution >= 0.6 is 23.2 Å². The van der Waals surface area contributed by atoms with Gasteiger partial charge in [-0.05, 0) is 18.2 Å². The molecule has 5 heteroatoms. The molecule has 0 saturated carbocycles. The van der Waals surface area contributed by atoms with Crippen LogP contribution in [0.5, 0.6) is 0 Å². The average Bonchev–Trinajstić information content (AvgIpc) is 3.03. The lowest BCUT2D eigenvalue weighted by Gasteiger charge is -2.01. The van der Waals surface area contributed by atoms with E-state index in [1.807, 2.05) is 6.92 Å². The molecule has 2 heterocycles. The van der Waals surface area contributed by atoms with Gasteiger partial charge in [0, 0.05) is 34.1 Å². The molecule has 1 N–H and O–H groups in total. The highest BCUT2D eigenvalue weighted by Gasteiger charge is 2.20. The van der Waals surface area contributed by atoms with Crippen molar-refractivity contribution >= 4 is 39.9 Å². The van der Waals surface area contributed by atoms with E-state index >= 15 is 0 Å². The van der Waals surface area contributed by atoms with E-state index in [2.05, 4.69) is 4.98 Å². The highest BCUT2D eigenvalue weighted by Crippen LogP contribution is 2.32. The second-order valence-electron chi connectivity index (χ2n) is 4.45. The van der Waals surface area contributed by atoms with Gasteiger partial charge >= 0.3 is 0 Å². The van der Waals surface area contributed by atoms with Gasteiger partial charge in [0.1, 0.15) is 5.76 Å². The van der Waals surface area contributed by atoms with Crippen LogP contribution in [0.25, 0.3) is 10.9 Å². The number of benzene rings is 1. The van der Waals surface area contributed by atoms with Gasteiger partial charge in [0.05, 0.1) is 16.8 Å². The first-order chi connectivity index (χ1) is 9.61. The van der Waals surface area contributed by atoms with E-state index < -0.39 is 0 Å². The van der Waals surface area contributed by atoms with Crippen molar-refractivity contribution < 1.29 is 9.21 Å². The van der Waals surface area contributed by atoms with Crippen LogP contribution in [-0.2, 0) is 6.42 Å². The highest BCUT2D eigenvalue weighted by atomic mass is 35.5. The zero-order chi connectivity index (χ0) is 14.3. The summed E-state index contributed by atoms with van der Waals surface area (Å²) >= 11 is 12.2. The molecule has 3 aromatic rings. The first kappa shape index (κ1) is 13.3. The smallest absolute Gasteiger partial charge is 0.198 e. The summed E-state index contributed by atoms with van der Waals surface area (Å²) in [4.78, 5) is 15.7. The Morgan fingerprint density at radius 3 is 2.85 bits per heavy atom. The molecule has 0 aliphatic rings. The molecule has 0 spiro atoms. The Morgan fingerprint density at radius 1 is 1.30 bits per heavy atom. The average molecular weight is 308 g/mol. The summed E-state index contributed by atoms with van der Waals surface area (Å²) in [6.07, 6.45) is 3.84. The third-order valence-electron chi connectivity index (χ3n) is 3.25. The summed E-state index contributed by atoms with van der Waals surface area (Å²) in [6, 6.07) is 5.06. The molecule has 0 atom stereocenters. The van der Waals surface area contributed by atoms with Crippen LogP contribution < -0.4 is 0 Å². The molecule has 1 aromatic carbocycles. The Balaban J connectivity index is 2.18. The van der Waals surface area contributed by atoms with Crippen LogP contribution in [0.1, 0.15) is 28.6 Å². The molecule has 3 rings (SSSR count). The molecule has 102 valence electrons. The Bertz CT molecular complexity index is 801. The number of hydrogen-bond acceptors (Lipinski definition) is 2. The maximum Gasteiger partial charge on any atom is 0.198 e. The predicted octanol–water partition coefficient (Wildman–Crippen LogP) is 4.86. The molecular weight excluding hydrogens is 297 g/mol. The Morgan fingerprint density at radius 2 is 2.10 bits per heavy atom. The standard InChI is InChI=1S/C15H11Cl2NO2/c1-2-13-9(3-4-20-13)15(19)10-7-18-12-6-8(16)5-11(17)14(10)12/h3-7,18H,2H2,1H3. The number of fused-ring (bicyclic) bond motifs is 1. The third-order valence-corrected chi connectivity index (χ3v) is 3.77. The monoisotopic (exact) mass is 307 g/mol. The second kappa shape index (κ2) is 5.00. The number of halogens is 2. The lowest BCUT2D eigenvalue weighted by atomic mass is 10.0. The molecular formula is C15H11Cl2NO2. The van der Waals surface area contributed by atoms with E-state index in [1.54, 1.807) is 24.4 Å². The number of aryl methyl sites for hydroxylation is 1. The fourth-order valence-electron chi connectivity index (χ4n) is 2.32. The van der Waals surface area contributed by atoms with Crippen molar-refractivity contribution in [3.63, 3.8) is 0 Å². The van der Waals surface area contributed by atoms with Gasteiger partial charge in [-0.25, -0.2) is 0 Å². The number of hydrogen-bond donors (Lipinski definition) is 1. The number of carbonyl (C=O) groups is 1. The van der Waals surface area contributed by atoms with E-state index in [0.29, 0.717) is 38.7 Å². The van der Waals surface area contributed by atoms with Crippen molar-refractivity contribution in [1.29, 1.82) is 0 Å². The number of carbonyl (C=O) groups excluding carboxylic acids is 1. The minimum absolute atomic E-state index is 0.105. The molecule has 0 aliphatic carbocycles. The highest BCUT2D eigenvalue weighted by molar-refractivity contribution is 6.40. The molecule has 0 unspecified atom stereocenters. The van der Waals surface area contributed by atoms with Crippen LogP contribution in [0, 0.1) is 0 Å². The van der Waals surface area contributed by atoms with Gasteiger partial charge in [-0.3, -0.25) is 4.79 Å². The molecule has 0 bridgehead atoms. The molecule has 0 aliphatic heterocycles. The molecule has 0 radical (unpaired) electrons. The third kappa shape index (κ3) is 2.03.